The summed E-state index contributed by atoms with van der Waals surface area (Å²) in [4.78, 5) is 35.7. The van der Waals surface area contributed by atoms with Crippen molar-refractivity contribution in [1.29, 1.82) is 0 Å². The molecular formula is C28H40N4O5S. The normalized spacial score (nSPS) is 17.8. The van der Waals surface area contributed by atoms with E-state index in [0.717, 1.165) is 25.9 Å². The SMILES string of the molecule is COc1cc(C(=O)NC(c2nc(C(=O)N3CCC(N4CCCCC4)CC3)cs2)C(C)C)cc(OC)c1OC. The third kappa shape index (κ3) is 6.23. The van der Waals surface area contributed by atoms with Crippen molar-refractivity contribution >= 4 is 23.2 Å². The van der Waals surface area contributed by atoms with Crippen molar-refractivity contribution in [3.63, 3.8) is 0 Å². The maximum absolute atomic E-state index is 13.3. The number of nitrogens with zero attached hydrogens (tertiary/aromatic N) is 3. The molecule has 2 amide bonds. The topological polar surface area (TPSA) is 93.2 Å². The summed E-state index contributed by atoms with van der Waals surface area (Å²) in [5.74, 6) is 0.993. The molecule has 0 aliphatic carbocycles. The number of aromatic nitrogens is 1. The maximum atomic E-state index is 13.3. The smallest absolute Gasteiger partial charge is 0.273 e. The fourth-order valence-corrected chi connectivity index (χ4v) is 6.37. The van der Waals surface area contributed by atoms with Gasteiger partial charge < -0.3 is 29.3 Å². The molecule has 38 heavy (non-hydrogen) atoms. The number of piperidine rings is 2. The lowest BCUT2D eigenvalue weighted by Gasteiger charge is -2.40. The van der Waals surface area contributed by atoms with Gasteiger partial charge in [0.05, 0.1) is 27.4 Å². The van der Waals surface area contributed by atoms with E-state index in [-0.39, 0.29) is 23.8 Å². The van der Waals surface area contributed by atoms with Crippen LogP contribution in [0.5, 0.6) is 17.2 Å². The van der Waals surface area contributed by atoms with Gasteiger partial charge in [-0.2, -0.15) is 0 Å². The number of likely N-dealkylation sites (tertiary alicyclic amines) is 2. The van der Waals surface area contributed by atoms with Crippen molar-refractivity contribution in [3.05, 3.63) is 33.8 Å². The van der Waals surface area contributed by atoms with Crippen LogP contribution >= 0.6 is 11.3 Å². The summed E-state index contributed by atoms with van der Waals surface area (Å²) < 4.78 is 16.2. The van der Waals surface area contributed by atoms with Gasteiger partial charge in [0.15, 0.2) is 11.5 Å². The number of amides is 2. The van der Waals surface area contributed by atoms with Gasteiger partial charge in [0.2, 0.25) is 5.75 Å². The molecule has 3 heterocycles. The van der Waals surface area contributed by atoms with Crippen molar-refractivity contribution in [2.24, 2.45) is 5.92 Å². The van der Waals surface area contributed by atoms with Crippen LogP contribution in [0.1, 0.15) is 77.8 Å². The Balaban J connectivity index is 1.43. The number of methoxy groups -OCH3 is 3. The second kappa shape index (κ2) is 12.8. The zero-order valence-electron chi connectivity index (χ0n) is 23.1. The quantitative estimate of drug-likeness (QED) is 0.501. The van der Waals surface area contributed by atoms with E-state index < -0.39 is 0 Å². The number of nitrogens with one attached hydrogen (secondary N) is 1. The third-order valence-corrected chi connectivity index (χ3v) is 8.47. The molecule has 1 atom stereocenters. The van der Waals surface area contributed by atoms with Crippen molar-refractivity contribution in [2.75, 3.05) is 47.5 Å². The zero-order chi connectivity index (χ0) is 27.2. The minimum absolute atomic E-state index is 0.0250. The summed E-state index contributed by atoms with van der Waals surface area (Å²) in [6, 6.07) is 3.48. The van der Waals surface area contributed by atoms with Gasteiger partial charge in [-0.05, 0) is 56.8 Å². The van der Waals surface area contributed by atoms with Crippen LogP contribution in [0.15, 0.2) is 17.5 Å². The number of carbonyl (C=O) groups is 2. The monoisotopic (exact) mass is 544 g/mol. The highest BCUT2D eigenvalue weighted by Gasteiger charge is 2.30. The lowest BCUT2D eigenvalue weighted by Crippen LogP contribution is -2.48. The molecule has 10 heteroatoms. The molecule has 4 rings (SSSR count). The van der Waals surface area contributed by atoms with E-state index in [1.165, 1.54) is 65.0 Å². The van der Waals surface area contributed by atoms with Gasteiger partial charge in [0, 0.05) is 30.1 Å². The first-order chi connectivity index (χ1) is 18.4. The molecule has 1 unspecified atom stereocenters. The van der Waals surface area contributed by atoms with E-state index in [4.69, 9.17) is 19.2 Å². The Kier molecular flexibility index (Phi) is 9.49. The average Bonchev–Trinajstić information content (AvgIpc) is 3.44. The predicted molar refractivity (Wildman–Crippen MR) is 148 cm³/mol. The van der Waals surface area contributed by atoms with Crippen LogP contribution in [0.25, 0.3) is 0 Å². The van der Waals surface area contributed by atoms with E-state index >= 15 is 0 Å². The Hall–Kier alpha value is -2.85. The van der Waals surface area contributed by atoms with Crippen LogP contribution in [0.3, 0.4) is 0 Å². The number of ether oxygens (including phenoxy) is 3. The molecule has 2 aromatic rings. The summed E-state index contributed by atoms with van der Waals surface area (Å²) in [5.41, 5.74) is 0.837. The van der Waals surface area contributed by atoms with E-state index in [1.54, 1.807) is 12.1 Å². The molecule has 0 spiro atoms. The van der Waals surface area contributed by atoms with Crippen molar-refractivity contribution < 1.29 is 23.8 Å². The van der Waals surface area contributed by atoms with Gasteiger partial charge in [-0.1, -0.05) is 20.3 Å². The zero-order valence-corrected chi connectivity index (χ0v) is 23.9. The average molecular weight is 545 g/mol. The maximum Gasteiger partial charge on any atom is 0.273 e. The Morgan fingerprint density at radius 3 is 2.16 bits per heavy atom. The fourth-order valence-electron chi connectivity index (χ4n) is 5.36. The predicted octanol–water partition coefficient (Wildman–Crippen LogP) is 4.39. The van der Waals surface area contributed by atoms with Gasteiger partial charge in [-0.15, -0.1) is 11.3 Å². The summed E-state index contributed by atoms with van der Waals surface area (Å²) >= 11 is 1.41. The summed E-state index contributed by atoms with van der Waals surface area (Å²) in [5, 5.41) is 5.62. The lowest BCUT2D eigenvalue weighted by atomic mass is 10.00. The van der Waals surface area contributed by atoms with Gasteiger partial charge in [-0.25, -0.2) is 4.98 Å². The van der Waals surface area contributed by atoms with Crippen LogP contribution in [0.2, 0.25) is 0 Å². The molecular weight excluding hydrogens is 504 g/mol. The van der Waals surface area contributed by atoms with Gasteiger partial charge in [0.25, 0.3) is 11.8 Å². The van der Waals surface area contributed by atoms with E-state index in [2.05, 4.69) is 10.2 Å². The number of hydrogen-bond donors (Lipinski definition) is 1. The Morgan fingerprint density at radius 1 is 0.974 bits per heavy atom. The van der Waals surface area contributed by atoms with Crippen LogP contribution in [0, 0.1) is 5.92 Å². The van der Waals surface area contributed by atoms with Gasteiger partial charge >= 0.3 is 0 Å². The second-order valence-electron chi connectivity index (χ2n) is 10.3. The molecule has 9 nitrogen and oxygen atoms in total. The number of rotatable bonds is 9. The third-order valence-electron chi connectivity index (χ3n) is 7.55. The Morgan fingerprint density at radius 2 is 1.61 bits per heavy atom. The molecule has 0 saturated carbocycles. The Bertz CT molecular complexity index is 1080. The molecule has 2 fully saturated rings. The largest absolute Gasteiger partial charge is 0.493 e. The molecule has 2 aliphatic heterocycles. The summed E-state index contributed by atoms with van der Waals surface area (Å²) in [7, 11) is 4.55. The molecule has 208 valence electrons. The van der Waals surface area contributed by atoms with E-state index in [1.807, 2.05) is 24.1 Å². The van der Waals surface area contributed by atoms with Gasteiger partial charge in [-0.3, -0.25) is 9.59 Å². The van der Waals surface area contributed by atoms with Crippen LogP contribution in [0.4, 0.5) is 0 Å². The number of carbonyl (C=O) groups excluding carboxylic acids is 2. The molecule has 2 aliphatic rings. The highest BCUT2D eigenvalue weighted by molar-refractivity contribution is 7.09. The van der Waals surface area contributed by atoms with Crippen LogP contribution in [-0.4, -0.2) is 80.1 Å². The molecule has 1 aromatic heterocycles. The molecule has 0 radical (unpaired) electrons. The lowest BCUT2D eigenvalue weighted by molar-refractivity contribution is 0.0585. The molecule has 0 bridgehead atoms. The highest BCUT2D eigenvalue weighted by atomic mass is 32.1. The van der Waals surface area contributed by atoms with E-state index in [9.17, 15) is 9.59 Å². The van der Waals surface area contributed by atoms with Gasteiger partial charge in [0.1, 0.15) is 10.7 Å². The standard InChI is InChI=1S/C28H40N4O5S/c1-18(2)24(30-26(33)19-15-22(35-3)25(37-5)23(16-19)36-4)27-29-21(17-38-27)28(34)32-13-9-20(10-14-32)31-11-7-6-8-12-31/h15-18,20,24H,6-14H2,1-5H3,(H,30,33). The second-order valence-corrected chi connectivity index (χ2v) is 11.2. The van der Waals surface area contributed by atoms with Crippen molar-refractivity contribution in [3.8, 4) is 17.2 Å². The number of hydrogen-bond acceptors (Lipinski definition) is 8. The number of thiazole rings is 1. The number of benzene rings is 1. The molecule has 1 aromatic carbocycles. The minimum atomic E-state index is -0.349. The fraction of sp³-hybridized carbons (Fsp3) is 0.607. The van der Waals surface area contributed by atoms with E-state index in [0.29, 0.717) is 39.6 Å². The molecule has 2 saturated heterocycles. The Labute approximate surface area is 229 Å². The van der Waals surface area contributed by atoms with Crippen LogP contribution < -0.4 is 19.5 Å². The summed E-state index contributed by atoms with van der Waals surface area (Å²) in [6.45, 7) is 7.94. The van der Waals surface area contributed by atoms with Crippen molar-refractivity contribution in [1.82, 2.24) is 20.1 Å². The molecule has 1 N–H and O–H groups in total. The first kappa shape index (κ1) is 28.2. The first-order valence-electron chi connectivity index (χ1n) is 13.5. The first-order valence-corrected chi connectivity index (χ1v) is 14.3. The van der Waals surface area contributed by atoms with Crippen LogP contribution in [-0.2, 0) is 0 Å². The van der Waals surface area contributed by atoms with Crippen molar-refractivity contribution in [2.45, 2.75) is 58.0 Å². The highest BCUT2D eigenvalue weighted by Crippen LogP contribution is 2.38. The summed E-state index contributed by atoms with van der Waals surface area (Å²) in [6.07, 6.45) is 5.94. The minimum Gasteiger partial charge on any atom is -0.493 e.